The molecule has 2 aromatic carbocycles. The molecule has 0 aliphatic heterocycles. The van der Waals surface area contributed by atoms with Crippen LogP contribution in [0.4, 0.5) is 5.69 Å². The quantitative estimate of drug-likeness (QED) is 0.751. The normalized spacial score (nSPS) is 15.4. The first-order valence-electron chi connectivity index (χ1n) is 10.3. The Morgan fingerprint density at radius 3 is 2.14 bits per heavy atom. The standard InChI is InChI=1S/C24H30N2O3/c1-17(18-7-5-4-6-8-18)26(2)24(28)20-9-13-21(14-10-20)25-23(27)19-11-15-22(29-3)16-12-19/h9-18H,4-8H2,1-3H3,(H,25,27)/t17-/m1/s1. The van der Waals surface area contributed by atoms with Gasteiger partial charge < -0.3 is 15.0 Å². The van der Waals surface area contributed by atoms with Gasteiger partial charge >= 0.3 is 0 Å². The van der Waals surface area contributed by atoms with Gasteiger partial charge in [0.25, 0.3) is 11.8 Å². The number of rotatable bonds is 6. The van der Waals surface area contributed by atoms with Gasteiger partial charge in [0, 0.05) is 29.9 Å². The first-order chi connectivity index (χ1) is 14.0. The fraction of sp³-hybridized carbons (Fsp3) is 0.417. The molecule has 0 heterocycles. The third kappa shape index (κ3) is 5.17. The summed E-state index contributed by atoms with van der Waals surface area (Å²) in [5, 5.41) is 2.86. The lowest BCUT2D eigenvalue weighted by molar-refractivity contribution is 0.0665. The molecule has 0 unspecified atom stereocenters. The average Bonchev–Trinajstić information content (AvgIpc) is 2.78. The number of benzene rings is 2. The van der Waals surface area contributed by atoms with Gasteiger partial charge in [-0.25, -0.2) is 0 Å². The van der Waals surface area contributed by atoms with Crippen LogP contribution in [0.5, 0.6) is 5.75 Å². The minimum absolute atomic E-state index is 0.0242. The van der Waals surface area contributed by atoms with E-state index in [-0.39, 0.29) is 17.9 Å². The highest BCUT2D eigenvalue weighted by molar-refractivity contribution is 6.04. The summed E-state index contributed by atoms with van der Waals surface area (Å²) in [7, 11) is 3.48. The number of hydrogen-bond donors (Lipinski definition) is 1. The molecule has 1 N–H and O–H groups in total. The van der Waals surface area contributed by atoms with Crippen molar-refractivity contribution in [1.82, 2.24) is 4.90 Å². The Morgan fingerprint density at radius 1 is 0.966 bits per heavy atom. The van der Waals surface area contributed by atoms with Crippen LogP contribution in [0.1, 0.15) is 59.7 Å². The lowest BCUT2D eigenvalue weighted by atomic mass is 9.84. The third-order valence-corrected chi connectivity index (χ3v) is 6.01. The zero-order valence-electron chi connectivity index (χ0n) is 17.5. The number of ether oxygens (including phenoxy) is 1. The molecule has 2 aromatic rings. The molecule has 5 heteroatoms. The second kappa shape index (κ2) is 9.59. The zero-order chi connectivity index (χ0) is 20.8. The Bertz CT molecular complexity index is 824. The molecule has 0 aromatic heterocycles. The lowest BCUT2D eigenvalue weighted by Gasteiger charge is -2.34. The highest BCUT2D eigenvalue weighted by Gasteiger charge is 2.26. The van der Waals surface area contributed by atoms with E-state index in [1.165, 1.54) is 32.1 Å². The van der Waals surface area contributed by atoms with Crippen molar-refractivity contribution in [2.24, 2.45) is 5.92 Å². The van der Waals surface area contributed by atoms with Crippen LogP contribution < -0.4 is 10.1 Å². The molecule has 29 heavy (non-hydrogen) atoms. The summed E-state index contributed by atoms with van der Waals surface area (Å²) in [6.07, 6.45) is 6.24. The van der Waals surface area contributed by atoms with E-state index in [9.17, 15) is 9.59 Å². The van der Waals surface area contributed by atoms with Gasteiger partial charge in [0.05, 0.1) is 7.11 Å². The fourth-order valence-corrected chi connectivity index (χ4v) is 3.96. The lowest BCUT2D eigenvalue weighted by Crippen LogP contribution is -2.40. The zero-order valence-corrected chi connectivity index (χ0v) is 17.5. The molecule has 1 aliphatic rings. The SMILES string of the molecule is COc1ccc(C(=O)Nc2ccc(C(=O)N(C)[C@H](C)C3CCCCC3)cc2)cc1. The number of carbonyl (C=O) groups is 2. The maximum absolute atomic E-state index is 12.9. The molecule has 1 fully saturated rings. The van der Waals surface area contributed by atoms with Crippen molar-refractivity contribution in [1.29, 1.82) is 0 Å². The third-order valence-electron chi connectivity index (χ3n) is 6.01. The highest BCUT2D eigenvalue weighted by atomic mass is 16.5. The smallest absolute Gasteiger partial charge is 0.255 e. The summed E-state index contributed by atoms with van der Waals surface area (Å²) in [6.45, 7) is 2.15. The monoisotopic (exact) mass is 394 g/mol. The van der Waals surface area contributed by atoms with Gasteiger partial charge in [0.15, 0.2) is 0 Å². The summed E-state index contributed by atoms with van der Waals surface area (Å²) in [5.41, 5.74) is 1.84. The summed E-state index contributed by atoms with van der Waals surface area (Å²) in [4.78, 5) is 27.1. The van der Waals surface area contributed by atoms with Gasteiger partial charge in [-0.05, 0) is 74.2 Å². The molecular formula is C24H30N2O3. The molecule has 1 saturated carbocycles. The van der Waals surface area contributed by atoms with E-state index in [4.69, 9.17) is 4.74 Å². The Kier molecular flexibility index (Phi) is 6.91. The Hall–Kier alpha value is -2.82. The van der Waals surface area contributed by atoms with Crippen LogP contribution >= 0.6 is 0 Å². The largest absolute Gasteiger partial charge is 0.497 e. The van der Waals surface area contributed by atoms with Crippen LogP contribution in [-0.2, 0) is 0 Å². The van der Waals surface area contributed by atoms with E-state index in [0.717, 1.165) is 0 Å². The van der Waals surface area contributed by atoms with Crippen molar-refractivity contribution in [3.05, 3.63) is 59.7 Å². The summed E-state index contributed by atoms with van der Waals surface area (Å²) >= 11 is 0. The van der Waals surface area contributed by atoms with E-state index in [0.29, 0.717) is 28.5 Å². The van der Waals surface area contributed by atoms with Gasteiger partial charge in [0.2, 0.25) is 0 Å². The van der Waals surface area contributed by atoms with Gasteiger partial charge in [-0.15, -0.1) is 0 Å². The van der Waals surface area contributed by atoms with Crippen molar-refractivity contribution in [2.75, 3.05) is 19.5 Å². The second-order valence-corrected chi connectivity index (χ2v) is 7.81. The Labute approximate surface area is 173 Å². The number of hydrogen-bond acceptors (Lipinski definition) is 3. The molecule has 0 radical (unpaired) electrons. The van der Waals surface area contributed by atoms with Crippen LogP contribution in [0, 0.1) is 5.92 Å². The van der Waals surface area contributed by atoms with Crippen molar-refractivity contribution < 1.29 is 14.3 Å². The van der Waals surface area contributed by atoms with E-state index in [1.54, 1.807) is 55.6 Å². The summed E-state index contributed by atoms with van der Waals surface area (Å²) in [5.74, 6) is 1.11. The first kappa shape index (κ1) is 20.9. The number of methoxy groups -OCH3 is 1. The molecule has 1 aliphatic carbocycles. The van der Waals surface area contributed by atoms with Crippen molar-refractivity contribution in [2.45, 2.75) is 45.1 Å². The summed E-state index contributed by atoms with van der Waals surface area (Å²) < 4.78 is 5.11. The van der Waals surface area contributed by atoms with E-state index < -0.39 is 0 Å². The predicted molar refractivity (Wildman–Crippen MR) is 116 cm³/mol. The van der Waals surface area contributed by atoms with E-state index in [1.807, 2.05) is 11.9 Å². The molecule has 154 valence electrons. The average molecular weight is 395 g/mol. The molecule has 0 spiro atoms. The molecule has 0 saturated heterocycles. The van der Waals surface area contributed by atoms with Crippen molar-refractivity contribution >= 4 is 17.5 Å². The maximum Gasteiger partial charge on any atom is 0.255 e. The topological polar surface area (TPSA) is 58.6 Å². The number of carbonyl (C=O) groups excluding carboxylic acids is 2. The van der Waals surface area contributed by atoms with E-state index in [2.05, 4.69) is 12.2 Å². The Balaban J connectivity index is 1.61. The van der Waals surface area contributed by atoms with Gasteiger partial charge in [0.1, 0.15) is 5.75 Å². The minimum atomic E-state index is -0.199. The van der Waals surface area contributed by atoms with Gasteiger partial charge in [-0.1, -0.05) is 19.3 Å². The molecule has 3 rings (SSSR count). The number of nitrogens with zero attached hydrogens (tertiary/aromatic N) is 1. The number of nitrogens with one attached hydrogen (secondary N) is 1. The molecular weight excluding hydrogens is 364 g/mol. The number of anilines is 1. The second-order valence-electron chi connectivity index (χ2n) is 7.81. The highest BCUT2D eigenvalue weighted by Crippen LogP contribution is 2.29. The predicted octanol–water partition coefficient (Wildman–Crippen LogP) is 4.99. The molecule has 1 atom stereocenters. The van der Waals surface area contributed by atoms with Crippen molar-refractivity contribution in [3.63, 3.8) is 0 Å². The van der Waals surface area contributed by atoms with Gasteiger partial charge in [-0.3, -0.25) is 9.59 Å². The van der Waals surface area contributed by atoms with Crippen LogP contribution in [0.3, 0.4) is 0 Å². The van der Waals surface area contributed by atoms with Crippen LogP contribution in [0.15, 0.2) is 48.5 Å². The van der Waals surface area contributed by atoms with Crippen LogP contribution in [0.25, 0.3) is 0 Å². The molecule has 2 amide bonds. The van der Waals surface area contributed by atoms with Crippen LogP contribution in [0.2, 0.25) is 0 Å². The van der Waals surface area contributed by atoms with E-state index >= 15 is 0 Å². The Morgan fingerprint density at radius 2 is 1.55 bits per heavy atom. The molecule has 0 bridgehead atoms. The van der Waals surface area contributed by atoms with Crippen molar-refractivity contribution in [3.8, 4) is 5.75 Å². The van der Waals surface area contributed by atoms with Crippen LogP contribution in [-0.4, -0.2) is 36.9 Å². The number of amides is 2. The first-order valence-corrected chi connectivity index (χ1v) is 10.3. The molecule has 5 nitrogen and oxygen atoms in total. The fourth-order valence-electron chi connectivity index (χ4n) is 3.96. The maximum atomic E-state index is 12.9. The van der Waals surface area contributed by atoms with Gasteiger partial charge in [-0.2, -0.15) is 0 Å². The summed E-state index contributed by atoms with van der Waals surface area (Å²) in [6, 6.07) is 14.3. The minimum Gasteiger partial charge on any atom is -0.497 e.